The predicted octanol–water partition coefficient (Wildman–Crippen LogP) is 4.08. The molecule has 4 aliphatic rings. The van der Waals surface area contributed by atoms with E-state index in [4.69, 9.17) is 20.8 Å². The Hall–Kier alpha value is -2.97. The standard InChI is InChI=1S/C16H18F2N3O2.C11H18N2O2/c1-23-13-5-3-2-4-11(13)8-16(17,18)9-12(20)14(22)21-15(10-19)6-7-15;14-10(15)13-7-11(8-13)3-5-12(6-4-11)9-1-2-9/h2-5,12,20H,6-9H2,1H3,(H,21,22);9H,1-8H2,(H,14,15)/q-1;/t12-;/m0./s1. The van der Waals surface area contributed by atoms with Crippen LogP contribution < -0.4 is 10.1 Å². The van der Waals surface area contributed by atoms with Crippen LogP contribution in [0.15, 0.2) is 24.3 Å². The zero-order valence-electron chi connectivity index (χ0n) is 21.7. The van der Waals surface area contributed by atoms with Crippen LogP contribution in [0.3, 0.4) is 0 Å². The summed E-state index contributed by atoms with van der Waals surface area (Å²) in [5.41, 5.74) is 7.37. The summed E-state index contributed by atoms with van der Waals surface area (Å²) in [6, 6.07) is 7.61. The number of hydrogen-bond donors (Lipinski definition) is 2. The number of carbonyl (C=O) groups excluding carboxylic acids is 1. The lowest BCUT2D eigenvalue weighted by Gasteiger charge is -2.53. The summed E-state index contributed by atoms with van der Waals surface area (Å²) in [7, 11) is 1.40. The molecule has 1 atom stereocenters. The number of para-hydroxylation sites is 1. The van der Waals surface area contributed by atoms with Gasteiger partial charge in [-0.3, -0.25) is 4.79 Å². The Bertz CT molecular complexity index is 1050. The van der Waals surface area contributed by atoms with E-state index in [1.54, 1.807) is 23.1 Å². The number of rotatable bonds is 8. The van der Waals surface area contributed by atoms with Gasteiger partial charge in [0, 0.05) is 43.0 Å². The van der Waals surface area contributed by atoms with Crippen molar-refractivity contribution in [1.29, 1.82) is 5.26 Å². The number of carboxylic acid groups (broad SMARTS) is 1. The van der Waals surface area contributed by atoms with E-state index in [2.05, 4.69) is 10.2 Å². The topological polar surface area (TPSA) is 130 Å². The molecule has 0 radical (unpaired) electrons. The Morgan fingerprint density at radius 2 is 1.87 bits per heavy atom. The van der Waals surface area contributed by atoms with Crippen molar-refractivity contribution in [3.05, 3.63) is 35.6 Å². The molecule has 5 rings (SSSR count). The van der Waals surface area contributed by atoms with Crippen LogP contribution in [-0.4, -0.2) is 83.7 Å². The first-order chi connectivity index (χ1) is 18.0. The smallest absolute Gasteiger partial charge is 0.407 e. The van der Waals surface area contributed by atoms with Crippen molar-refractivity contribution in [2.75, 3.05) is 33.3 Å². The summed E-state index contributed by atoms with van der Waals surface area (Å²) in [4.78, 5) is 26.6. The van der Waals surface area contributed by atoms with Crippen molar-refractivity contribution in [2.24, 2.45) is 5.41 Å². The molecule has 9 nitrogen and oxygen atoms in total. The van der Waals surface area contributed by atoms with Crippen LogP contribution >= 0.6 is 0 Å². The quantitative estimate of drug-likeness (QED) is 0.519. The maximum atomic E-state index is 14.1. The molecular weight excluding hydrogens is 496 g/mol. The number of likely N-dealkylation sites (tertiary alicyclic amines) is 2. The SMILES string of the molecule is COc1ccccc1CC(F)(F)C[C@H]([NH-])C(=O)NC1(C#N)CC1.O=C(O)N1CC2(CCN(C3CC3)CC2)C1. The fraction of sp³-hybridized carbons (Fsp3) is 0.667. The Kier molecular flexibility index (Phi) is 8.14. The molecule has 0 aromatic heterocycles. The van der Waals surface area contributed by atoms with E-state index < -0.39 is 42.3 Å². The molecule has 1 aromatic carbocycles. The molecule has 1 spiro atoms. The van der Waals surface area contributed by atoms with E-state index in [0.717, 1.165) is 19.1 Å². The van der Waals surface area contributed by atoms with Crippen molar-refractivity contribution in [3.63, 3.8) is 0 Å². The monoisotopic (exact) mass is 532 g/mol. The Morgan fingerprint density at radius 3 is 2.39 bits per heavy atom. The van der Waals surface area contributed by atoms with Gasteiger partial charge in [0.2, 0.25) is 5.91 Å². The number of piperidine rings is 1. The van der Waals surface area contributed by atoms with Crippen molar-refractivity contribution in [2.45, 2.75) is 74.9 Å². The number of amides is 2. The van der Waals surface area contributed by atoms with Gasteiger partial charge in [0.15, 0.2) is 0 Å². The highest BCUT2D eigenvalue weighted by atomic mass is 19.3. The van der Waals surface area contributed by atoms with Crippen molar-refractivity contribution < 1.29 is 28.2 Å². The van der Waals surface area contributed by atoms with Crippen molar-refractivity contribution >= 4 is 12.0 Å². The first kappa shape index (κ1) is 28.0. The highest BCUT2D eigenvalue weighted by Gasteiger charge is 2.48. The fourth-order valence-electron chi connectivity index (χ4n) is 5.32. The van der Waals surface area contributed by atoms with Gasteiger partial charge in [0.25, 0.3) is 5.92 Å². The first-order valence-corrected chi connectivity index (χ1v) is 13.2. The van der Waals surface area contributed by atoms with Gasteiger partial charge in [-0.15, -0.1) is 0 Å². The minimum atomic E-state index is -3.22. The molecule has 0 bridgehead atoms. The van der Waals surface area contributed by atoms with Crippen molar-refractivity contribution in [1.82, 2.24) is 15.1 Å². The van der Waals surface area contributed by atoms with E-state index in [0.29, 0.717) is 29.6 Å². The number of benzene rings is 1. The second-order valence-electron chi connectivity index (χ2n) is 11.2. The molecule has 2 aliphatic carbocycles. The highest BCUT2D eigenvalue weighted by Crippen LogP contribution is 2.42. The zero-order valence-corrected chi connectivity index (χ0v) is 21.7. The number of ether oxygens (including phenoxy) is 1. The average molecular weight is 533 g/mol. The third-order valence-electron chi connectivity index (χ3n) is 8.03. The van der Waals surface area contributed by atoms with E-state index >= 15 is 0 Å². The predicted molar refractivity (Wildman–Crippen MR) is 136 cm³/mol. The van der Waals surface area contributed by atoms with Crippen LogP contribution in [0, 0.1) is 16.7 Å². The highest BCUT2D eigenvalue weighted by molar-refractivity contribution is 5.84. The third-order valence-corrected chi connectivity index (χ3v) is 8.03. The summed E-state index contributed by atoms with van der Waals surface area (Å²) in [5.74, 6) is -3.70. The van der Waals surface area contributed by atoms with E-state index in [1.165, 1.54) is 51.9 Å². The summed E-state index contributed by atoms with van der Waals surface area (Å²) in [6.45, 7) is 3.94. The molecule has 2 aliphatic heterocycles. The second-order valence-corrected chi connectivity index (χ2v) is 11.2. The third kappa shape index (κ3) is 6.91. The first-order valence-electron chi connectivity index (χ1n) is 13.2. The zero-order chi connectivity index (χ0) is 27.6. The van der Waals surface area contributed by atoms with E-state index in [9.17, 15) is 18.4 Å². The molecule has 2 amide bonds. The van der Waals surface area contributed by atoms with Crippen LogP contribution in [0.25, 0.3) is 5.73 Å². The van der Waals surface area contributed by atoms with Gasteiger partial charge in [0.1, 0.15) is 11.3 Å². The number of hydrogen-bond acceptors (Lipinski definition) is 5. The lowest BCUT2D eigenvalue weighted by molar-refractivity contribution is -0.124. The largest absolute Gasteiger partial charge is 0.667 e. The number of alkyl halides is 2. The summed E-state index contributed by atoms with van der Waals surface area (Å²) in [5, 5.41) is 20.1. The fourth-order valence-corrected chi connectivity index (χ4v) is 5.32. The van der Waals surface area contributed by atoms with E-state index in [-0.39, 0.29) is 0 Å². The lowest BCUT2D eigenvalue weighted by atomic mass is 9.72. The molecule has 2 heterocycles. The summed E-state index contributed by atoms with van der Waals surface area (Å²) < 4.78 is 33.3. The molecule has 3 N–H and O–H groups in total. The number of halogens is 2. The van der Waals surface area contributed by atoms with Crippen LogP contribution in [-0.2, 0) is 11.2 Å². The summed E-state index contributed by atoms with van der Waals surface area (Å²) in [6.07, 6.45) is 3.91. The van der Waals surface area contributed by atoms with Crippen molar-refractivity contribution in [3.8, 4) is 11.8 Å². The Morgan fingerprint density at radius 1 is 1.24 bits per heavy atom. The van der Waals surface area contributed by atoms with Gasteiger partial charge in [-0.25, -0.2) is 13.6 Å². The number of nitriles is 1. The van der Waals surface area contributed by atoms with Gasteiger partial charge in [-0.1, -0.05) is 24.2 Å². The normalized spacial score (nSPS) is 22.2. The average Bonchev–Trinajstić information content (AvgIpc) is 3.78. The van der Waals surface area contributed by atoms with Gasteiger partial charge in [-0.2, -0.15) is 5.26 Å². The molecule has 38 heavy (non-hydrogen) atoms. The molecule has 0 unspecified atom stereocenters. The van der Waals surface area contributed by atoms with Crippen LogP contribution in [0.4, 0.5) is 13.6 Å². The van der Waals surface area contributed by atoms with Gasteiger partial charge < -0.3 is 30.7 Å². The number of carbonyl (C=O) groups is 2. The maximum absolute atomic E-state index is 14.1. The molecule has 2 saturated heterocycles. The lowest BCUT2D eigenvalue weighted by Crippen LogP contribution is -2.61. The number of nitrogens with zero attached hydrogens (tertiary/aromatic N) is 3. The summed E-state index contributed by atoms with van der Waals surface area (Å²) >= 11 is 0. The molecule has 1 aromatic rings. The number of nitrogens with one attached hydrogen (secondary N) is 2. The minimum absolute atomic E-state index is 0.322. The molecule has 4 fully saturated rings. The maximum Gasteiger partial charge on any atom is 0.407 e. The van der Waals surface area contributed by atoms with Crippen LogP contribution in [0.1, 0.15) is 50.5 Å². The number of methoxy groups -OCH3 is 1. The molecule has 11 heteroatoms. The van der Waals surface area contributed by atoms with Gasteiger partial charge >= 0.3 is 6.09 Å². The minimum Gasteiger partial charge on any atom is -0.667 e. The second kappa shape index (κ2) is 11.0. The van der Waals surface area contributed by atoms with Crippen LogP contribution in [0.5, 0.6) is 5.75 Å². The Balaban J connectivity index is 0.000000192. The van der Waals surface area contributed by atoms with E-state index in [1.807, 2.05) is 6.07 Å². The van der Waals surface area contributed by atoms with Crippen LogP contribution in [0.2, 0.25) is 0 Å². The molecular formula is C27H36F2N5O4-. The Labute approximate surface area is 221 Å². The molecule has 2 saturated carbocycles. The molecule has 208 valence electrons. The van der Waals surface area contributed by atoms with Gasteiger partial charge in [0.05, 0.1) is 13.2 Å². The van der Waals surface area contributed by atoms with Gasteiger partial charge in [-0.05, 0) is 57.7 Å².